The Kier molecular flexibility index (Phi) is 4.89. The van der Waals surface area contributed by atoms with Gasteiger partial charge in [-0.05, 0) is 48.1 Å². The van der Waals surface area contributed by atoms with E-state index in [1.807, 2.05) is 4.90 Å². The van der Waals surface area contributed by atoms with Gasteiger partial charge in [0.25, 0.3) is 5.91 Å². The third kappa shape index (κ3) is 3.37. The summed E-state index contributed by atoms with van der Waals surface area (Å²) in [5, 5.41) is 1.21. The molecule has 3 aliphatic rings. The lowest BCUT2D eigenvalue weighted by atomic mass is 9.73. The van der Waals surface area contributed by atoms with Crippen LogP contribution in [0.15, 0.2) is 24.3 Å². The fourth-order valence-corrected chi connectivity index (χ4v) is 7.13. The van der Waals surface area contributed by atoms with E-state index in [4.69, 9.17) is 0 Å². The molecule has 2 aliphatic heterocycles. The number of fused-ring (bicyclic) bond motifs is 1. The molecule has 2 amide bonds. The molecule has 1 aromatic carbocycles. The summed E-state index contributed by atoms with van der Waals surface area (Å²) >= 11 is 1.66. The summed E-state index contributed by atoms with van der Waals surface area (Å²) < 4.78 is 1.19. The Hall–Kier alpha value is -1.88. The van der Waals surface area contributed by atoms with Crippen LogP contribution in [0.4, 0.5) is 0 Å². The third-order valence-corrected chi connectivity index (χ3v) is 8.68. The number of carbonyl (C=O) groups is 2. The largest absolute Gasteiger partial charge is 0.342 e. The van der Waals surface area contributed by atoms with Crippen molar-refractivity contribution in [2.75, 3.05) is 26.2 Å². The number of thiophene rings is 1. The van der Waals surface area contributed by atoms with Gasteiger partial charge in [-0.2, -0.15) is 0 Å². The molecule has 3 fully saturated rings. The quantitative estimate of drug-likeness (QED) is 0.696. The van der Waals surface area contributed by atoms with E-state index in [1.165, 1.54) is 54.2 Å². The molecule has 0 radical (unpaired) electrons. The SMILES string of the molecule is CC(=O)N1CC[C@@H](c2c(C(=O)N3CCC4(CCCCC4)C3)sc3ccccc23)C1. The lowest BCUT2D eigenvalue weighted by Gasteiger charge is -2.33. The predicted molar refractivity (Wildman–Crippen MR) is 117 cm³/mol. The van der Waals surface area contributed by atoms with Crippen molar-refractivity contribution < 1.29 is 9.59 Å². The van der Waals surface area contributed by atoms with Gasteiger partial charge in [-0.25, -0.2) is 0 Å². The van der Waals surface area contributed by atoms with Gasteiger partial charge in [-0.15, -0.1) is 11.3 Å². The summed E-state index contributed by atoms with van der Waals surface area (Å²) in [5.41, 5.74) is 1.58. The van der Waals surface area contributed by atoms with E-state index in [0.29, 0.717) is 5.41 Å². The lowest BCUT2D eigenvalue weighted by Crippen LogP contribution is -2.33. The lowest BCUT2D eigenvalue weighted by molar-refractivity contribution is -0.127. The third-order valence-electron chi connectivity index (χ3n) is 7.51. The molecule has 29 heavy (non-hydrogen) atoms. The smallest absolute Gasteiger partial charge is 0.264 e. The molecule has 2 saturated heterocycles. The maximum atomic E-state index is 13.7. The number of likely N-dealkylation sites (tertiary alicyclic amines) is 2. The van der Waals surface area contributed by atoms with Gasteiger partial charge < -0.3 is 9.80 Å². The van der Waals surface area contributed by atoms with Gasteiger partial charge in [0.15, 0.2) is 0 Å². The molecule has 3 heterocycles. The van der Waals surface area contributed by atoms with Crippen LogP contribution in [0.5, 0.6) is 0 Å². The van der Waals surface area contributed by atoms with Crippen LogP contribution in [0, 0.1) is 5.41 Å². The molecule has 5 rings (SSSR count). The van der Waals surface area contributed by atoms with E-state index in [9.17, 15) is 9.59 Å². The fraction of sp³-hybridized carbons (Fsp3) is 0.583. The summed E-state index contributed by atoms with van der Waals surface area (Å²) in [4.78, 5) is 30.6. The van der Waals surface area contributed by atoms with Gasteiger partial charge in [0.2, 0.25) is 5.91 Å². The highest BCUT2D eigenvalue weighted by atomic mass is 32.1. The van der Waals surface area contributed by atoms with E-state index in [-0.39, 0.29) is 17.7 Å². The van der Waals surface area contributed by atoms with Crippen LogP contribution in [-0.4, -0.2) is 47.8 Å². The highest BCUT2D eigenvalue weighted by molar-refractivity contribution is 7.21. The van der Waals surface area contributed by atoms with Crippen LogP contribution in [0.2, 0.25) is 0 Å². The van der Waals surface area contributed by atoms with Crippen LogP contribution >= 0.6 is 11.3 Å². The minimum Gasteiger partial charge on any atom is -0.342 e. The van der Waals surface area contributed by atoms with Crippen LogP contribution in [0.25, 0.3) is 10.1 Å². The average Bonchev–Trinajstić information content (AvgIpc) is 3.44. The van der Waals surface area contributed by atoms with E-state index in [0.717, 1.165) is 37.5 Å². The number of carbonyl (C=O) groups excluding carboxylic acids is 2. The standard InChI is InChI=1S/C24H30N2O2S/c1-17(27)25-13-9-18(15-25)21-19-7-3-4-8-20(19)29-22(21)23(28)26-14-12-24(16-26)10-5-2-6-11-24/h3-4,7-8,18H,2,5-6,9-16H2,1H3/t18-/m1/s1. The minimum atomic E-state index is 0.138. The number of rotatable bonds is 2. The molecule has 1 saturated carbocycles. The Morgan fingerprint density at radius 1 is 1.03 bits per heavy atom. The number of hydrogen-bond acceptors (Lipinski definition) is 3. The Morgan fingerprint density at radius 2 is 1.83 bits per heavy atom. The minimum absolute atomic E-state index is 0.138. The summed E-state index contributed by atoms with van der Waals surface area (Å²) in [6.07, 6.45) is 8.67. The van der Waals surface area contributed by atoms with Crippen LogP contribution in [0.3, 0.4) is 0 Å². The Balaban J connectivity index is 1.47. The molecular weight excluding hydrogens is 380 g/mol. The van der Waals surface area contributed by atoms with Crippen LogP contribution in [-0.2, 0) is 4.79 Å². The van der Waals surface area contributed by atoms with E-state index in [2.05, 4.69) is 29.2 Å². The molecule has 4 nitrogen and oxygen atoms in total. The molecule has 0 bridgehead atoms. The molecule has 0 unspecified atom stereocenters. The first kappa shape index (κ1) is 19.1. The van der Waals surface area contributed by atoms with Crippen molar-refractivity contribution in [2.45, 2.75) is 57.8 Å². The second-order valence-corrected chi connectivity index (χ2v) is 10.4. The van der Waals surface area contributed by atoms with Crippen molar-refractivity contribution in [3.05, 3.63) is 34.7 Å². The molecule has 5 heteroatoms. The first-order valence-corrected chi connectivity index (χ1v) is 11.9. The van der Waals surface area contributed by atoms with Gasteiger partial charge in [0.05, 0.1) is 4.88 Å². The van der Waals surface area contributed by atoms with Crippen molar-refractivity contribution in [1.29, 1.82) is 0 Å². The number of hydrogen-bond donors (Lipinski definition) is 0. The summed E-state index contributed by atoms with van der Waals surface area (Å²) in [6.45, 7) is 5.01. The second kappa shape index (κ2) is 7.42. The number of amides is 2. The zero-order valence-corrected chi connectivity index (χ0v) is 18.1. The van der Waals surface area contributed by atoms with Crippen LogP contribution < -0.4 is 0 Å². The molecule has 1 aliphatic carbocycles. The first-order chi connectivity index (χ1) is 14.1. The second-order valence-electron chi connectivity index (χ2n) is 9.33. The molecule has 1 spiro atoms. The topological polar surface area (TPSA) is 40.6 Å². The monoisotopic (exact) mass is 410 g/mol. The number of nitrogens with zero attached hydrogens (tertiary/aromatic N) is 2. The van der Waals surface area contributed by atoms with Gasteiger partial charge in [0, 0.05) is 43.7 Å². The maximum Gasteiger partial charge on any atom is 0.264 e. The van der Waals surface area contributed by atoms with Gasteiger partial charge in [0.1, 0.15) is 0 Å². The summed E-state index contributed by atoms with van der Waals surface area (Å²) in [6, 6.07) is 8.41. The van der Waals surface area contributed by atoms with Crippen molar-refractivity contribution in [3.8, 4) is 0 Å². The van der Waals surface area contributed by atoms with Gasteiger partial charge in [-0.1, -0.05) is 37.5 Å². The van der Waals surface area contributed by atoms with Gasteiger partial charge >= 0.3 is 0 Å². The van der Waals surface area contributed by atoms with E-state index < -0.39 is 0 Å². The zero-order valence-electron chi connectivity index (χ0n) is 17.3. The first-order valence-electron chi connectivity index (χ1n) is 11.1. The molecular formula is C24H30N2O2S. The highest BCUT2D eigenvalue weighted by Gasteiger charge is 2.42. The van der Waals surface area contributed by atoms with Crippen molar-refractivity contribution >= 4 is 33.2 Å². The zero-order chi connectivity index (χ0) is 20.0. The Labute approximate surface area is 176 Å². The average molecular weight is 411 g/mol. The van der Waals surface area contributed by atoms with Crippen LogP contribution in [0.1, 0.15) is 73.0 Å². The highest BCUT2D eigenvalue weighted by Crippen LogP contribution is 2.46. The molecule has 1 aromatic heterocycles. The normalized spacial score (nSPS) is 24.0. The molecule has 2 aromatic rings. The maximum absolute atomic E-state index is 13.7. The molecule has 154 valence electrons. The van der Waals surface area contributed by atoms with Gasteiger partial charge in [-0.3, -0.25) is 9.59 Å². The molecule has 1 atom stereocenters. The van der Waals surface area contributed by atoms with Crippen molar-refractivity contribution in [3.63, 3.8) is 0 Å². The summed E-state index contributed by atoms with van der Waals surface area (Å²) in [5.74, 6) is 0.629. The Morgan fingerprint density at radius 3 is 2.59 bits per heavy atom. The fourth-order valence-electron chi connectivity index (χ4n) is 5.87. The Bertz CT molecular complexity index is 944. The van der Waals surface area contributed by atoms with E-state index in [1.54, 1.807) is 18.3 Å². The summed E-state index contributed by atoms with van der Waals surface area (Å²) in [7, 11) is 0. The number of benzene rings is 1. The molecule has 0 N–H and O–H groups in total. The predicted octanol–water partition coefficient (Wildman–Crippen LogP) is 5.03. The van der Waals surface area contributed by atoms with Crippen molar-refractivity contribution in [2.24, 2.45) is 5.41 Å². The van der Waals surface area contributed by atoms with E-state index >= 15 is 0 Å². The van der Waals surface area contributed by atoms with Crippen molar-refractivity contribution in [1.82, 2.24) is 9.80 Å².